The summed E-state index contributed by atoms with van der Waals surface area (Å²) in [4.78, 5) is 31.9. The minimum atomic E-state index is -0.852. The maximum absolute atomic E-state index is 13.2. The molecule has 3 aromatic rings. The van der Waals surface area contributed by atoms with Gasteiger partial charge in [-0.1, -0.05) is 6.07 Å². The van der Waals surface area contributed by atoms with Crippen molar-refractivity contribution in [2.75, 3.05) is 18.3 Å². The summed E-state index contributed by atoms with van der Waals surface area (Å²) >= 11 is 0. The van der Waals surface area contributed by atoms with Gasteiger partial charge in [-0.25, -0.2) is 0 Å². The van der Waals surface area contributed by atoms with Crippen molar-refractivity contribution >= 4 is 23.1 Å². The van der Waals surface area contributed by atoms with Gasteiger partial charge in [0.25, 0.3) is 11.7 Å². The molecule has 5 rings (SSSR count). The maximum atomic E-state index is 13.2. The Morgan fingerprint density at radius 3 is 2.67 bits per heavy atom. The quantitative estimate of drug-likeness (QED) is 0.363. The third-order valence-electron chi connectivity index (χ3n) is 5.52. The number of nitrogens with zero attached hydrogens (tertiary/aromatic N) is 2. The van der Waals surface area contributed by atoms with Crippen LogP contribution in [-0.4, -0.2) is 35.2 Å². The van der Waals surface area contributed by atoms with E-state index in [0.717, 1.165) is 0 Å². The lowest BCUT2D eigenvalue weighted by molar-refractivity contribution is -0.132. The average Bonchev–Trinajstić information content (AvgIpc) is 3.41. The van der Waals surface area contributed by atoms with Gasteiger partial charge in [0.05, 0.1) is 18.2 Å². The van der Waals surface area contributed by atoms with Crippen LogP contribution in [0.25, 0.3) is 5.76 Å². The second kappa shape index (κ2) is 8.31. The number of aliphatic hydroxyl groups is 1. The van der Waals surface area contributed by atoms with E-state index < -0.39 is 17.7 Å². The van der Waals surface area contributed by atoms with Gasteiger partial charge in [-0.05, 0) is 55.0 Å². The monoisotopic (exact) mass is 444 g/mol. The summed E-state index contributed by atoms with van der Waals surface area (Å²) in [6.07, 6.45) is 3.15. The lowest BCUT2D eigenvalue weighted by atomic mass is 9.95. The summed E-state index contributed by atoms with van der Waals surface area (Å²) in [5.74, 6) is -0.247. The lowest BCUT2D eigenvalue weighted by Gasteiger charge is -2.25. The second-order valence-electron chi connectivity index (χ2n) is 7.45. The van der Waals surface area contributed by atoms with Crippen molar-refractivity contribution in [3.63, 3.8) is 0 Å². The van der Waals surface area contributed by atoms with Crippen LogP contribution in [0.1, 0.15) is 24.1 Å². The largest absolute Gasteiger partial charge is 0.507 e. The van der Waals surface area contributed by atoms with Crippen molar-refractivity contribution in [2.45, 2.75) is 13.0 Å². The molecule has 1 N–H and O–H groups in total. The van der Waals surface area contributed by atoms with E-state index in [9.17, 15) is 14.7 Å². The standard InChI is InChI=1S/C25H20N2O6/c1-2-31-18-5-3-4-17(13-18)27-22(15-8-10-26-11-9-15)21(24(29)25(27)30)23(28)16-6-7-19-20(12-16)33-14-32-19/h3-13,22,28H,2,14H2,1H3/b23-21-. The predicted octanol–water partition coefficient (Wildman–Crippen LogP) is 3.84. The Labute approximate surface area is 189 Å². The zero-order valence-corrected chi connectivity index (χ0v) is 17.7. The lowest BCUT2D eigenvalue weighted by Crippen LogP contribution is -2.29. The highest BCUT2D eigenvalue weighted by Gasteiger charge is 2.47. The molecule has 1 fully saturated rings. The van der Waals surface area contributed by atoms with Crippen molar-refractivity contribution in [1.29, 1.82) is 0 Å². The molecule has 8 heteroatoms. The molecule has 1 atom stereocenters. The van der Waals surface area contributed by atoms with E-state index in [-0.39, 0.29) is 18.1 Å². The first-order valence-corrected chi connectivity index (χ1v) is 10.4. The SMILES string of the molecule is CCOc1cccc(N2C(=O)C(=O)/C(=C(\O)c3ccc4c(c3)OCO4)C2c2ccncc2)c1. The Morgan fingerprint density at radius 1 is 1.09 bits per heavy atom. The molecule has 0 aliphatic carbocycles. The predicted molar refractivity (Wildman–Crippen MR) is 119 cm³/mol. The fourth-order valence-electron chi connectivity index (χ4n) is 4.05. The molecule has 2 aromatic carbocycles. The molecule has 1 amide bonds. The Morgan fingerprint density at radius 2 is 1.88 bits per heavy atom. The van der Waals surface area contributed by atoms with E-state index in [1.54, 1.807) is 67.0 Å². The summed E-state index contributed by atoms with van der Waals surface area (Å²) in [6.45, 7) is 2.40. The van der Waals surface area contributed by atoms with Crippen LogP contribution in [0.15, 0.2) is 72.6 Å². The number of anilines is 1. The zero-order valence-electron chi connectivity index (χ0n) is 17.7. The number of hydrogen-bond acceptors (Lipinski definition) is 7. The molecule has 0 saturated carbocycles. The minimum absolute atomic E-state index is 0.0214. The third kappa shape index (κ3) is 3.55. The molecule has 166 valence electrons. The summed E-state index contributed by atoms with van der Waals surface area (Å²) < 4.78 is 16.3. The molecule has 0 bridgehead atoms. The highest BCUT2D eigenvalue weighted by atomic mass is 16.7. The number of hydrogen-bond donors (Lipinski definition) is 1. The summed E-state index contributed by atoms with van der Waals surface area (Å²) in [5.41, 5.74) is 1.44. The van der Waals surface area contributed by atoms with Crippen LogP contribution in [0.2, 0.25) is 0 Å². The molecule has 1 aromatic heterocycles. The van der Waals surface area contributed by atoms with E-state index in [1.807, 2.05) is 6.92 Å². The van der Waals surface area contributed by atoms with Crippen molar-refractivity contribution < 1.29 is 28.9 Å². The maximum Gasteiger partial charge on any atom is 0.300 e. The van der Waals surface area contributed by atoms with E-state index >= 15 is 0 Å². The topological polar surface area (TPSA) is 98.2 Å². The number of Topliss-reactive ketones (excluding diaryl/α,β-unsaturated/α-hetero) is 1. The number of carbonyl (C=O) groups is 2. The zero-order chi connectivity index (χ0) is 22.9. The highest BCUT2D eigenvalue weighted by Crippen LogP contribution is 2.43. The van der Waals surface area contributed by atoms with Crippen LogP contribution in [0.3, 0.4) is 0 Å². The summed E-state index contributed by atoms with van der Waals surface area (Å²) in [6, 6.07) is 14.4. The normalized spacial score (nSPS) is 18.6. The average molecular weight is 444 g/mol. The van der Waals surface area contributed by atoms with Gasteiger partial charge in [0.1, 0.15) is 11.5 Å². The number of aliphatic hydroxyl groups excluding tert-OH is 1. The summed E-state index contributed by atoms with van der Waals surface area (Å²) in [5, 5.41) is 11.2. The number of ketones is 1. The first kappa shape index (κ1) is 20.6. The number of carbonyl (C=O) groups excluding carboxylic acids is 2. The van der Waals surface area contributed by atoms with Crippen LogP contribution >= 0.6 is 0 Å². The van der Waals surface area contributed by atoms with Gasteiger partial charge in [-0.2, -0.15) is 0 Å². The van der Waals surface area contributed by atoms with Gasteiger partial charge in [0.2, 0.25) is 6.79 Å². The highest BCUT2D eigenvalue weighted by molar-refractivity contribution is 6.51. The second-order valence-corrected chi connectivity index (χ2v) is 7.45. The number of fused-ring (bicyclic) bond motifs is 1. The van der Waals surface area contributed by atoms with Gasteiger partial charge in [0, 0.05) is 29.7 Å². The van der Waals surface area contributed by atoms with Crippen molar-refractivity contribution in [2.24, 2.45) is 0 Å². The first-order valence-electron chi connectivity index (χ1n) is 10.4. The van der Waals surface area contributed by atoms with Crippen LogP contribution in [0.4, 0.5) is 5.69 Å². The molecule has 0 spiro atoms. The molecule has 2 aliphatic heterocycles. The third-order valence-corrected chi connectivity index (χ3v) is 5.52. The molecule has 3 heterocycles. The molecule has 2 aliphatic rings. The molecule has 1 unspecified atom stereocenters. The van der Waals surface area contributed by atoms with Crippen molar-refractivity contribution in [3.8, 4) is 17.2 Å². The Kier molecular flexibility index (Phi) is 5.18. The smallest absolute Gasteiger partial charge is 0.300 e. The Hall–Kier alpha value is -4.33. The minimum Gasteiger partial charge on any atom is -0.507 e. The number of pyridine rings is 1. The van der Waals surface area contributed by atoms with E-state index in [1.165, 1.54) is 4.90 Å². The van der Waals surface area contributed by atoms with Gasteiger partial charge >= 0.3 is 0 Å². The molecular weight excluding hydrogens is 424 g/mol. The molecule has 33 heavy (non-hydrogen) atoms. The molecule has 8 nitrogen and oxygen atoms in total. The van der Waals surface area contributed by atoms with Crippen LogP contribution < -0.4 is 19.1 Å². The van der Waals surface area contributed by atoms with Gasteiger partial charge in [-0.15, -0.1) is 0 Å². The van der Waals surface area contributed by atoms with Crippen molar-refractivity contribution in [1.82, 2.24) is 4.98 Å². The van der Waals surface area contributed by atoms with E-state index in [0.29, 0.717) is 40.7 Å². The van der Waals surface area contributed by atoms with E-state index in [2.05, 4.69) is 4.98 Å². The number of aromatic nitrogens is 1. The number of amides is 1. The van der Waals surface area contributed by atoms with Gasteiger partial charge in [0.15, 0.2) is 11.5 Å². The summed E-state index contributed by atoms with van der Waals surface area (Å²) in [7, 11) is 0. The van der Waals surface area contributed by atoms with Crippen LogP contribution in [0, 0.1) is 0 Å². The Balaban J connectivity index is 1.67. The van der Waals surface area contributed by atoms with Crippen LogP contribution in [0.5, 0.6) is 17.2 Å². The van der Waals surface area contributed by atoms with Gasteiger partial charge < -0.3 is 19.3 Å². The van der Waals surface area contributed by atoms with Crippen LogP contribution in [-0.2, 0) is 9.59 Å². The first-order chi connectivity index (χ1) is 16.1. The molecule has 0 radical (unpaired) electrons. The van der Waals surface area contributed by atoms with Gasteiger partial charge in [-0.3, -0.25) is 19.5 Å². The number of benzene rings is 2. The number of rotatable bonds is 5. The Bertz CT molecular complexity index is 1270. The fraction of sp³-hybridized carbons (Fsp3) is 0.160. The fourth-order valence-corrected chi connectivity index (χ4v) is 4.05. The molecule has 1 saturated heterocycles. The van der Waals surface area contributed by atoms with E-state index in [4.69, 9.17) is 14.2 Å². The number of ether oxygens (including phenoxy) is 3. The molecular formula is C25H20N2O6. The van der Waals surface area contributed by atoms with Crippen molar-refractivity contribution in [3.05, 3.63) is 83.7 Å².